The standard InChI is InChI=1S/C15H24N4O2/c1-6-19(8-11(2)7-16)15(20)10-18(5)9-14-12(3)17-21-13(14)4/h11H,6,8-10H2,1-5H3. The summed E-state index contributed by atoms with van der Waals surface area (Å²) in [7, 11) is 1.89. The molecule has 21 heavy (non-hydrogen) atoms. The fourth-order valence-corrected chi connectivity index (χ4v) is 2.16. The highest BCUT2D eigenvalue weighted by Crippen LogP contribution is 2.14. The molecule has 0 N–H and O–H groups in total. The van der Waals surface area contributed by atoms with Crippen LogP contribution in [0, 0.1) is 31.1 Å². The van der Waals surface area contributed by atoms with Crippen molar-refractivity contribution in [1.82, 2.24) is 15.0 Å². The van der Waals surface area contributed by atoms with Crippen molar-refractivity contribution in [3.8, 4) is 6.07 Å². The van der Waals surface area contributed by atoms with Crippen molar-refractivity contribution in [2.24, 2.45) is 5.92 Å². The van der Waals surface area contributed by atoms with Crippen LogP contribution < -0.4 is 0 Å². The normalized spacial score (nSPS) is 12.2. The van der Waals surface area contributed by atoms with Crippen LogP contribution in [-0.4, -0.2) is 47.5 Å². The van der Waals surface area contributed by atoms with Gasteiger partial charge in [-0.3, -0.25) is 9.69 Å². The fraction of sp³-hybridized carbons (Fsp3) is 0.667. The molecule has 0 radical (unpaired) electrons. The SMILES string of the molecule is CCN(CC(C)C#N)C(=O)CN(C)Cc1c(C)noc1C. The van der Waals surface area contributed by atoms with Gasteiger partial charge in [-0.25, -0.2) is 0 Å². The molecule has 0 aliphatic rings. The second-order valence-corrected chi connectivity index (χ2v) is 5.44. The van der Waals surface area contributed by atoms with E-state index >= 15 is 0 Å². The van der Waals surface area contributed by atoms with Crippen LogP contribution in [0.2, 0.25) is 0 Å². The summed E-state index contributed by atoms with van der Waals surface area (Å²) < 4.78 is 5.13. The van der Waals surface area contributed by atoms with Gasteiger partial charge in [0.1, 0.15) is 5.76 Å². The van der Waals surface area contributed by atoms with Gasteiger partial charge in [-0.1, -0.05) is 5.16 Å². The van der Waals surface area contributed by atoms with Gasteiger partial charge in [0.15, 0.2) is 0 Å². The molecule has 1 heterocycles. The van der Waals surface area contributed by atoms with Gasteiger partial charge in [-0.05, 0) is 34.7 Å². The smallest absolute Gasteiger partial charge is 0.236 e. The van der Waals surface area contributed by atoms with Crippen molar-refractivity contribution < 1.29 is 9.32 Å². The lowest BCUT2D eigenvalue weighted by molar-refractivity contribution is -0.132. The predicted molar refractivity (Wildman–Crippen MR) is 79.3 cm³/mol. The Bertz CT molecular complexity index is 499. The third-order valence-electron chi connectivity index (χ3n) is 3.46. The largest absolute Gasteiger partial charge is 0.361 e. The Labute approximate surface area is 126 Å². The van der Waals surface area contributed by atoms with Crippen molar-refractivity contribution in [3.63, 3.8) is 0 Å². The van der Waals surface area contributed by atoms with Crippen LogP contribution in [0.1, 0.15) is 30.9 Å². The molecule has 6 heteroatoms. The monoisotopic (exact) mass is 292 g/mol. The number of aryl methyl sites for hydroxylation is 2. The van der Waals surface area contributed by atoms with E-state index in [2.05, 4.69) is 11.2 Å². The number of nitrogens with zero attached hydrogens (tertiary/aromatic N) is 4. The minimum absolute atomic E-state index is 0.0360. The number of carbonyl (C=O) groups excluding carboxylic acids is 1. The molecule has 1 amide bonds. The van der Waals surface area contributed by atoms with Gasteiger partial charge in [-0.2, -0.15) is 5.26 Å². The average Bonchev–Trinajstić information content (AvgIpc) is 2.75. The van der Waals surface area contributed by atoms with Crippen molar-refractivity contribution in [2.45, 2.75) is 34.2 Å². The van der Waals surface area contributed by atoms with E-state index in [-0.39, 0.29) is 11.8 Å². The Balaban J connectivity index is 2.59. The Hall–Kier alpha value is -1.87. The van der Waals surface area contributed by atoms with Crippen LogP contribution in [0.15, 0.2) is 4.52 Å². The van der Waals surface area contributed by atoms with Crippen LogP contribution in [0.4, 0.5) is 0 Å². The Morgan fingerprint density at radius 3 is 2.62 bits per heavy atom. The highest BCUT2D eigenvalue weighted by Gasteiger charge is 2.18. The minimum Gasteiger partial charge on any atom is -0.361 e. The summed E-state index contributed by atoms with van der Waals surface area (Å²) >= 11 is 0. The maximum absolute atomic E-state index is 12.3. The second-order valence-electron chi connectivity index (χ2n) is 5.44. The van der Waals surface area contributed by atoms with E-state index in [1.165, 1.54) is 0 Å². The highest BCUT2D eigenvalue weighted by molar-refractivity contribution is 5.78. The molecule has 6 nitrogen and oxygen atoms in total. The maximum atomic E-state index is 12.3. The number of hydrogen-bond acceptors (Lipinski definition) is 5. The number of aromatic nitrogens is 1. The molecule has 1 rings (SSSR count). The van der Waals surface area contributed by atoms with E-state index in [4.69, 9.17) is 9.78 Å². The number of nitriles is 1. The Morgan fingerprint density at radius 1 is 1.48 bits per heavy atom. The molecule has 0 saturated carbocycles. The second kappa shape index (κ2) is 7.79. The first-order valence-corrected chi connectivity index (χ1v) is 7.16. The third-order valence-corrected chi connectivity index (χ3v) is 3.46. The van der Waals surface area contributed by atoms with Gasteiger partial charge in [0, 0.05) is 25.2 Å². The first kappa shape index (κ1) is 17.2. The average molecular weight is 292 g/mol. The maximum Gasteiger partial charge on any atom is 0.236 e. The van der Waals surface area contributed by atoms with Crippen molar-refractivity contribution in [2.75, 3.05) is 26.7 Å². The summed E-state index contributed by atoms with van der Waals surface area (Å²) in [5.74, 6) is 0.674. The van der Waals surface area contributed by atoms with E-state index in [9.17, 15) is 4.79 Å². The van der Waals surface area contributed by atoms with Gasteiger partial charge in [-0.15, -0.1) is 0 Å². The topological polar surface area (TPSA) is 73.4 Å². The van der Waals surface area contributed by atoms with Gasteiger partial charge >= 0.3 is 0 Å². The van der Waals surface area contributed by atoms with Gasteiger partial charge < -0.3 is 9.42 Å². The molecule has 0 spiro atoms. The number of rotatable bonds is 7. The predicted octanol–water partition coefficient (Wildman–Crippen LogP) is 1.73. The molecule has 0 saturated heterocycles. The molecule has 1 aromatic rings. The Morgan fingerprint density at radius 2 is 2.14 bits per heavy atom. The van der Waals surface area contributed by atoms with E-state index in [1.807, 2.05) is 39.6 Å². The fourth-order valence-electron chi connectivity index (χ4n) is 2.16. The number of carbonyl (C=O) groups is 1. The molecule has 116 valence electrons. The van der Waals surface area contributed by atoms with Crippen LogP contribution in [0.25, 0.3) is 0 Å². The Kier molecular flexibility index (Phi) is 6.38. The number of amides is 1. The molecule has 1 aromatic heterocycles. The first-order chi connectivity index (χ1) is 9.88. The van der Waals surface area contributed by atoms with Crippen molar-refractivity contribution >= 4 is 5.91 Å². The van der Waals surface area contributed by atoms with E-state index in [0.717, 1.165) is 17.0 Å². The molecular weight excluding hydrogens is 268 g/mol. The lowest BCUT2D eigenvalue weighted by Crippen LogP contribution is -2.40. The molecule has 0 fully saturated rings. The van der Waals surface area contributed by atoms with Crippen LogP contribution in [0.3, 0.4) is 0 Å². The van der Waals surface area contributed by atoms with Gasteiger partial charge in [0.2, 0.25) is 5.91 Å². The zero-order valence-electron chi connectivity index (χ0n) is 13.5. The molecule has 0 aliphatic carbocycles. The van der Waals surface area contributed by atoms with Crippen LogP contribution in [0.5, 0.6) is 0 Å². The van der Waals surface area contributed by atoms with E-state index in [0.29, 0.717) is 26.2 Å². The highest BCUT2D eigenvalue weighted by atomic mass is 16.5. The summed E-state index contributed by atoms with van der Waals surface area (Å²) in [5.41, 5.74) is 1.89. The summed E-state index contributed by atoms with van der Waals surface area (Å²) in [6.45, 7) is 9.55. The molecule has 0 bridgehead atoms. The summed E-state index contributed by atoms with van der Waals surface area (Å²) in [5, 5.41) is 12.8. The lowest BCUT2D eigenvalue weighted by atomic mass is 10.2. The van der Waals surface area contributed by atoms with Gasteiger partial charge in [0.05, 0.1) is 24.2 Å². The molecule has 0 aromatic carbocycles. The quantitative estimate of drug-likeness (QED) is 0.765. The van der Waals surface area contributed by atoms with Gasteiger partial charge in [0.25, 0.3) is 0 Å². The van der Waals surface area contributed by atoms with Crippen molar-refractivity contribution in [3.05, 3.63) is 17.0 Å². The van der Waals surface area contributed by atoms with Crippen LogP contribution in [-0.2, 0) is 11.3 Å². The molecular formula is C15H24N4O2. The molecule has 0 aliphatic heterocycles. The number of hydrogen-bond donors (Lipinski definition) is 0. The zero-order chi connectivity index (χ0) is 16.0. The molecule has 1 unspecified atom stereocenters. The summed E-state index contributed by atoms with van der Waals surface area (Å²) in [6, 6.07) is 2.16. The summed E-state index contributed by atoms with van der Waals surface area (Å²) in [4.78, 5) is 15.9. The molecule has 1 atom stereocenters. The zero-order valence-corrected chi connectivity index (χ0v) is 13.5. The lowest BCUT2D eigenvalue weighted by Gasteiger charge is -2.25. The first-order valence-electron chi connectivity index (χ1n) is 7.16. The van der Waals surface area contributed by atoms with E-state index in [1.54, 1.807) is 4.90 Å². The number of likely N-dealkylation sites (N-methyl/N-ethyl adjacent to an activating group) is 2. The van der Waals surface area contributed by atoms with Crippen molar-refractivity contribution in [1.29, 1.82) is 5.26 Å². The minimum atomic E-state index is -0.151. The van der Waals surface area contributed by atoms with Crippen LogP contribution >= 0.6 is 0 Å². The third kappa shape index (κ3) is 4.87. The summed E-state index contributed by atoms with van der Waals surface area (Å²) in [6.07, 6.45) is 0. The van der Waals surface area contributed by atoms with E-state index < -0.39 is 0 Å².